The molecule has 0 amide bonds. The molecule has 0 N–H and O–H groups in total. The third-order valence-electron chi connectivity index (χ3n) is 5.29. The molecule has 0 spiro atoms. The van der Waals surface area contributed by atoms with Crippen molar-refractivity contribution in [1.29, 1.82) is 0 Å². The summed E-state index contributed by atoms with van der Waals surface area (Å²) in [6.45, 7) is 8.59. The molecular formula is C24H21N3. The Morgan fingerprint density at radius 2 is 1.44 bits per heavy atom. The van der Waals surface area contributed by atoms with Crippen molar-refractivity contribution in [2.75, 3.05) is 0 Å². The van der Waals surface area contributed by atoms with Crippen LogP contribution in [0.5, 0.6) is 0 Å². The van der Waals surface area contributed by atoms with Gasteiger partial charge in [0.05, 0.1) is 16.6 Å². The van der Waals surface area contributed by atoms with Gasteiger partial charge < -0.3 is 0 Å². The van der Waals surface area contributed by atoms with E-state index in [1.54, 1.807) is 0 Å². The summed E-state index contributed by atoms with van der Waals surface area (Å²) in [6, 6.07) is 19.2. The van der Waals surface area contributed by atoms with E-state index in [1.165, 1.54) is 27.8 Å². The first-order chi connectivity index (χ1) is 13.0. The maximum atomic E-state index is 5.11. The summed E-state index contributed by atoms with van der Waals surface area (Å²) in [7, 11) is 0. The lowest BCUT2D eigenvalue weighted by atomic mass is 9.99. The Hall–Kier alpha value is -3.20. The van der Waals surface area contributed by atoms with Gasteiger partial charge in [0.1, 0.15) is 11.5 Å². The van der Waals surface area contributed by atoms with Gasteiger partial charge in [-0.1, -0.05) is 41.5 Å². The number of benzene rings is 3. The highest BCUT2D eigenvalue weighted by Gasteiger charge is 2.18. The lowest BCUT2D eigenvalue weighted by Crippen LogP contribution is -2.01. The SMILES string of the molecule is Cc1cc(C)c(-c2nc3ccc(C)cc3c3nc4ccccc4n23)c(C)c1. The Balaban J connectivity index is 2.04. The average Bonchev–Trinajstić information content (AvgIpc) is 3.01. The molecule has 3 heteroatoms. The van der Waals surface area contributed by atoms with Crippen molar-refractivity contribution < 1.29 is 0 Å². The predicted molar refractivity (Wildman–Crippen MR) is 112 cm³/mol. The van der Waals surface area contributed by atoms with E-state index in [1.807, 2.05) is 6.07 Å². The van der Waals surface area contributed by atoms with Crippen molar-refractivity contribution in [2.45, 2.75) is 27.7 Å². The molecular weight excluding hydrogens is 330 g/mol. The van der Waals surface area contributed by atoms with Gasteiger partial charge in [0, 0.05) is 10.9 Å². The molecule has 5 rings (SSSR count). The molecule has 0 saturated heterocycles. The Kier molecular flexibility index (Phi) is 3.35. The van der Waals surface area contributed by atoms with Gasteiger partial charge >= 0.3 is 0 Å². The number of imidazole rings is 1. The average molecular weight is 351 g/mol. The number of hydrogen-bond acceptors (Lipinski definition) is 2. The molecule has 0 bridgehead atoms. The van der Waals surface area contributed by atoms with E-state index in [2.05, 4.69) is 80.6 Å². The molecule has 5 aromatic rings. The molecule has 132 valence electrons. The summed E-state index contributed by atoms with van der Waals surface area (Å²) >= 11 is 0. The van der Waals surface area contributed by atoms with Crippen LogP contribution in [0.4, 0.5) is 0 Å². The molecule has 0 aliphatic carbocycles. The molecule has 3 nitrogen and oxygen atoms in total. The monoisotopic (exact) mass is 351 g/mol. The predicted octanol–water partition coefficient (Wildman–Crippen LogP) is 5.94. The van der Waals surface area contributed by atoms with E-state index >= 15 is 0 Å². The van der Waals surface area contributed by atoms with Gasteiger partial charge in [-0.25, -0.2) is 9.97 Å². The molecule has 0 unspecified atom stereocenters. The Labute approximate surface area is 158 Å². The minimum Gasteiger partial charge on any atom is -0.276 e. The van der Waals surface area contributed by atoms with Crippen molar-refractivity contribution in [1.82, 2.24) is 14.4 Å². The Morgan fingerprint density at radius 3 is 2.22 bits per heavy atom. The minimum absolute atomic E-state index is 0.963. The molecule has 0 aliphatic rings. The zero-order valence-corrected chi connectivity index (χ0v) is 16.0. The second kappa shape index (κ2) is 5.65. The standard InChI is InChI=1S/C24H21N3/c1-14-9-10-19-18(13-14)23-26-20-7-5-6-8-21(20)27(23)24(25-19)22-16(3)11-15(2)12-17(22)4/h5-13H,1-4H3. The van der Waals surface area contributed by atoms with E-state index in [-0.39, 0.29) is 0 Å². The number of fused-ring (bicyclic) bond motifs is 5. The van der Waals surface area contributed by atoms with Crippen molar-refractivity contribution in [2.24, 2.45) is 0 Å². The smallest absolute Gasteiger partial charge is 0.149 e. The summed E-state index contributed by atoms with van der Waals surface area (Å²) in [5.41, 5.74) is 10.2. The van der Waals surface area contributed by atoms with Crippen LogP contribution in [-0.4, -0.2) is 14.4 Å². The molecule has 0 aliphatic heterocycles. The van der Waals surface area contributed by atoms with Gasteiger partial charge in [-0.3, -0.25) is 4.40 Å². The van der Waals surface area contributed by atoms with Crippen LogP contribution in [0.2, 0.25) is 0 Å². The van der Waals surface area contributed by atoms with Crippen molar-refractivity contribution in [3.8, 4) is 11.4 Å². The lowest BCUT2D eigenvalue weighted by molar-refractivity contribution is 1.14. The first-order valence-corrected chi connectivity index (χ1v) is 9.29. The van der Waals surface area contributed by atoms with Gasteiger partial charge in [-0.2, -0.15) is 0 Å². The van der Waals surface area contributed by atoms with Crippen molar-refractivity contribution in [3.63, 3.8) is 0 Å². The van der Waals surface area contributed by atoms with Crippen LogP contribution < -0.4 is 0 Å². The molecule has 3 aromatic carbocycles. The third kappa shape index (κ3) is 2.35. The van der Waals surface area contributed by atoms with Crippen LogP contribution in [0, 0.1) is 27.7 Å². The molecule has 0 atom stereocenters. The van der Waals surface area contributed by atoms with Gasteiger partial charge in [0.2, 0.25) is 0 Å². The zero-order chi connectivity index (χ0) is 18.7. The maximum absolute atomic E-state index is 5.11. The van der Waals surface area contributed by atoms with E-state index in [4.69, 9.17) is 9.97 Å². The number of nitrogens with zero attached hydrogens (tertiary/aromatic N) is 3. The highest BCUT2D eigenvalue weighted by atomic mass is 15.1. The summed E-state index contributed by atoms with van der Waals surface area (Å²) in [4.78, 5) is 10.1. The second-order valence-electron chi connectivity index (χ2n) is 7.49. The van der Waals surface area contributed by atoms with Crippen molar-refractivity contribution in [3.05, 3.63) is 76.9 Å². The molecule has 0 radical (unpaired) electrons. The van der Waals surface area contributed by atoms with Crippen LogP contribution in [-0.2, 0) is 0 Å². The van der Waals surface area contributed by atoms with E-state index < -0.39 is 0 Å². The van der Waals surface area contributed by atoms with E-state index in [0.717, 1.165) is 33.4 Å². The summed E-state index contributed by atoms with van der Waals surface area (Å²) < 4.78 is 2.22. The second-order valence-corrected chi connectivity index (χ2v) is 7.49. The third-order valence-corrected chi connectivity index (χ3v) is 5.29. The van der Waals surface area contributed by atoms with E-state index in [0.29, 0.717) is 0 Å². The Morgan fingerprint density at radius 1 is 0.704 bits per heavy atom. The van der Waals surface area contributed by atoms with Gasteiger partial charge in [-0.05, 0) is 63.1 Å². The zero-order valence-electron chi connectivity index (χ0n) is 16.0. The van der Waals surface area contributed by atoms with Gasteiger partial charge in [0.25, 0.3) is 0 Å². The normalized spacial score (nSPS) is 11.7. The number of para-hydroxylation sites is 2. The number of aryl methyl sites for hydroxylation is 4. The Bertz CT molecular complexity index is 1340. The molecule has 0 saturated carbocycles. The molecule has 0 fully saturated rings. The lowest BCUT2D eigenvalue weighted by Gasteiger charge is -2.14. The minimum atomic E-state index is 0.963. The topological polar surface area (TPSA) is 30.2 Å². The molecule has 2 aromatic heterocycles. The fourth-order valence-electron chi connectivity index (χ4n) is 4.21. The summed E-state index contributed by atoms with van der Waals surface area (Å²) in [5.74, 6) is 0.963. The number of hydrogen-bond donors (Lipinski definition) is 0. The molecule has 2 heterocycles. The van der Waals surface area contributed by atoms with E-state index in [9.17, 15) is 0 Å². The van der Waals surface area contributed by atoms with Crippen LogP contribution in [0.3, 0.4) is 0 Å². The number of rotatable bonds is 1. The first kappa shape index (κ1) is 16.0. The fraction of sp³-hybridized carbons (Fsp3) is 0.167. The van der Waals surface area contributed by atoms with Crippen LogP contribution >= 0.6 is 0 Å². The first-order valence-electron chi connectivity index (χ1n) is 9.29. The number of aromatic nitrogens is 3. The summed E-state index contributed by atoms with van der Waals surface area (Å²) in [6.07, 6.45) is 0. The van der Waals surface area contributed by atoms with Crippen LogP contribution in [0.15, 0.2) is 54.6 Å². The van der Waals surface area contributed by atoms with Crippen LogP contribution in [0.25, 0.3) is 39.0 Å². The molecule has 27 heavy (non-hydrogen) atoms. The highest BCUT2D eigenvalue weighted by Crippen LogP contribution is 2.33. The quantitative estimate of drug-likeness (QED) is 0.374. The van der Waals surface area contributed by atoms with Crippen molar-refractivity contribution >= 4 is 27.6 Å². The maximum Gasteiger partial charge on any atom is 0.149 e. The fourth-order valence-corrected chi connectivity index (χ4v) is 4.21. The van der Waals surface area contributed by atoms with Gasteiger partial charge in [0.15, 0.2) is 0 Å². The van der Waals surface area contributed by atoms with Gasteiger partial charge in [-0.15, -0.1) is 0 Å². The van der Waals surface area contributed by atoms with Crippen LogP contribution in [0.1, 0.15) is 22.3 Å². The highest BCUT2D eigenvalue weighted by molar-refractivity contribution is 5.98. The largest absolute Gasteiger partial charge is 0.276 e. The summed E-state index contributed by atoms with van der Waals surface area (Å²) in [5, 5.41) is 1.09.